The van der Waals surface area contributed by atoms with Gasteiger partial charge in [-0.05, 0) is 60.4 Å². The molecule has 1 atom stereocenters. The molecule has 0 fully saturated rings. The fraction of sp³-hybridized carbons (Fsp3) is 0.333. The Hall–Kier alpha value is -5.04. The third-order valence-electron chi connectivity index (χ3n) is 6.20. The molecule has 2 heterocycles. The molecule has 0 saturated heterocycles. The molecule has 8 N–H and O–H groups in total. The van der Waals surface area contributed by atoms with E-state index in [1.165, 1.54) is 25.0 Å². The number of benzene rings is 2. The van der Waals surface area contributed by atoms with Gasteiger partial charge in [-0.3, -0.25) is 19.2 Å². The molecular formula is C30H39N5O8. The quantitative estimate of drug-likeness (QED) is 0.135. The summed E-state index contributed by atoms with van der Waals surface area (Å²) < 4.78 is 10.4. The second kappa shape index (κ2) is 17.0. The van der Waals surface area contributed by atoms with E-state index >= 15 is 0 Å². The van der Waals surface area contributed by atoms with Crippen molar-refractivity contribution in [1.29, 1.82) is 0 Å². The maximum atomic E-state index is 10.8. The lowest BCUT2D eigenvalue weighted by molar-refractivity contribution is -0.144. The lowest BCUT2D eigenvalue weighted by atomic mass is 10.1. The monoisotopic (exact) mass is 597 g/mol. The Morgan fingerprint density at radius 1 is 0.791 bits per heavy atom. The van der Waals surface area contributed by atoms with Crippen LogP contribution in [0.25, 0.3) is 21.8 Å². The van der Waals surface area contributed by atoms with Crippen molar-refractivity contribution >= 4 is 45.6 Å². The second-order valence-corrected chi connectivity index (χ2v) is 9.46. The first-order valence-electron chi connectivity index (χ1n) is 13.4. The summed E-state index contributed by atoms with van der Waals surface area (Å²) in [5.74, 6) is -0.803. The van der Waals surface area contributed by atoms with Crippen LogP contribution < -0.4 is 25.8 Å². The largest absolute Gasteiger partial charge is 0.497 e. The van der Waals surface area contributed by atoms with E-state index in [0.717, 1.165) is 46.1 Å². The number of nitrogens with two attached hydrogens (primary N) is 1. The number of nitrogens with one attached hydrogen (secondary N) is 4. The number of carboxylic acids is 2. The maximum Gasteiger partial charge on any atom is 0.321 e. The van der Waals surface area contributed by atoms with Gasteiger partial charge >= 0.3 is 11.9 Å². The number of ether oxygens (including phenoxy) is 2. The molecule has 0 aliphatic heterocycles. The number of methoxy groups -OCH3 is 2. The summed E-state index contributed by atoms with van der Waals surface area (Å²) in [6.07, 6.45) is 5.05. The van der Waals surface area contributed by atoms with Gasteiger partial charge in [-0.1, -0.05) is 0 Å². The van der Waals surface area contributed by atoms with Crippen LogP contribution >= 0.6 is 0 Å². The van der Waals surface area contributed by atoms with Gasteiger partial charge in [0, 0.05) is 61.1 Å². The van der Waals surface area contributed by atoms with Gasteiger partial charge in [0.25, 0.3) is 0 Å². The number of fused-ring (bicyclic) bond motifs is 2. The first kappa shape index (κ1) is 34.2. The molecule has 0 aliphatic carbocycles. The van der Waals surface area contributed by atoms with E-state index in [1.54, 1.807) is 14.2 Å². The van der Waals surface area contributed by atoms with Crippen LogP contribution in [-0.2, 0) is 32.0 Å². The van der Waals surface area contributed by atoms with Gasteiger partial charge in [0.1, 0.15) is 17.5 Å². The fourth-order valence-corrected chi connectivity index (χ4v) is 4.00. The lowest BCUT2D eigenvalue weighted by Crippen LogP contribution is -2.32. The van der Waals surface area contributed by atoms with Gasteiger partial charge in [-0.25, -0.2) is 0 Å². The van der Waals surface area contributed by atoms with Crippen molar-refractivity contribution in [2.75, 3.05) is 27.3 Å². The Balaban J connectivity index is 0.000000238. The number of H-pyrrole nitrogens is 2. The summed E-state index contributed by atoms with van der Waals surface area (Å²) in [5.41, 5.74) is 9.39. The van der Waals surface area contributed by atoms with Crippen LogP contribution in [0.3, 0.4) is 0 Å². The van der Waals surface area contributed by atoms with Gasteiger partial charge < -0.3 is 46.0 Å². The molecular weight excluding hydrogens is 558 g/mol. The standard InChI is InChI=1S/2C13H16N2O2.C4H7NO4/c2*1-9(16)14-6-5-10-8-15-13-4-3-11(17-2)7-12(10)13;5-2(4(8)9)1-3(6)7/h2*3-4,7-8,15H,5-6H2,1-2H3,(H,14,16);2H,1,5H2,(H,6,7)(H,8,9)/t;;2-/m..0/s1. The van der Waals surface area contributed by atoms with Gasteiger partial charge in [0.05, 0.1) is 20.6 Å². The number of carboxylic acid groups (broad SMARTS) is 2. The van der Waals surface area contributed by atoms with E-state index in [-0.39, 0.29) is 11.8 Å². The van der Waals surface area contributed by atoms with E-state index in [9.17, 15) is 19.2 Å². The molecule has 0 bridgehead atoms. The third-order valence-corrected chi connectivity index (χ3v) is 6.20. The van der Waals surface area contributed by atoms with Crippen LogP contribution in [0.5, 0.6) is 11.5 Å². The van der Waals surface area contributed by atoms with E-state index < -0.39 is 24.4 Å². The minimum absolute atomic E-state index is 0.00224. The number of hydrogen-bond acceptors (Lipinski definition) is 7. The summed E-state index contributed by atoms with van der Waals surface area (Å²) in [4.78, 5) is 47.6. The highest BCUT2D eigenvalue weighted by molar-refractivity contribution is 5.85. The molecule has 43 heavy (non-hydrogen) atoms. The van der Waals surface area contributed by atoms with Crippen molar-refractivity contribution in [1.82, 2.24) is 20.6 Å². The Labute approximate surface area is 248 Å². The molecule has 4 aromatic rings. The van der Waals surface area contributed by atoms with Crippen molar-refractivity contribution in [3.05, 3.63) is 59.9 Å². The molecule has 232 valence electrons. The highest BCUT2D eigenvalue weighted by Gasteiger charge is 2.14. The summed E-state index contributed by atoms with van der Waals surface area (Å²) in [6, 6.07) is 10.6. The number of aromatic nitrogens is 2. The average Bonchev–Trinajstić information content (AvgIpc) is 3.56. The smallest absolute Gasteiger partial charge is 0.321 e. The van der Waals surface area contributed by atoms with Crippen LogP contribution in [0.4, 0.5) is 0 Å². The molecule has 0 aliphatic rings. The molecule has 0 unspecified atom stereocenters. The summed E-state index contributed by atoms with van der Waals surface area (Å²) in [7, 11) is 3.32. The maximum absolute atomic E-state index is 10.8. The first-order chi connectivity index (χ1) is 20.4. The molecule has 0 spiro atoms. The minimum atomic E-state index is -1.29. The first-order valence-corrected chi connectivity index (χ1v) is 13.4. The van der Waals surface area contributed by atoms with Crippen molar-refractivity contribution in [2.45, 2.75) is 39.2 Å². The molecule has 2 aromatic carbocycles. The van der Waals surface area contributed by atoms with Gasteiger partial charge in [-0.15, -0.1) is 0 Å². The SMILES string of the molecule is COc1ccc2[nH]cc(CCNC(C)=O)c2c1.COc1ccc2[nH]cc(CCNC(C)=O)c2c1.N[C@@H](CC(=O)O)C(=O)O. The number of hydrogen-bond donors (Lipinski definition) is 7. The predicted octanol–water partition coefficient (Wildman–Crippen LogP) is 2.58. The molecule has 0 saturated carbocycles. The highest BCUT2D eigenvalue weighted by atomic mass is 16.5. The van der Waals surface area contributed by atoms with E-state index in [0.29, 0.717) is 13.1 Å². The number of rotatable bonds is 11. The van der Waals surface area contributed by atoms with Gasteiger partial charge in [0.15, 0.2) is 0 Å². The summed E-state index contributed by atoms with van der Waals surface area (Å²) >= 11 is 0. The van der Waals surface area contributed by atoms with Crippen LogP contribution in [0.2, 0.25) is 0 Å². The number of aliphatic carboxylic acids is 2. The predicted molar refractivity (Wildman–Crippen MR) is 162 cm³/mol. The highest BCUT2D eigenvalue weighted by Crippen LogP contribution is 2.24. The Bertz CT molecular complexity index is 1430. The van der Waals surface area contributed by atoms with Crippen LogP contribution in [0.15, 0.2) is 48.8 Å². The topological polar surface area (TPSA) is 209 Å². The van der Waals surface area contributed by atoms with Crippen molar-refractivity contribution in [2.24, 2.45) is 5.73 Å². The number of aromatic amines is 2. The zero-order chi connectivity index (χ0) is 31.9. The number of amides is 2. The Morgan fingerprint density at radius 3 is 1.51 bits per heavy atom. The van der Waals surface area contributed by atoms with Crippen LogP contribution in [0, 0.1) is 0 Å². The molecule has 0 radical (unpaired) electrons. The van der Waals surface area contributed by atoms with E-state index in [1.807, 2.05) is 48.8 Å². The molecule has 2 aromatic heterocycles. The van der Waals surface area contributed by atoms with Crippen LogP contribution in [0.1, 0.15) is 31.4 Å². The third kappa shape index (κ3) is 11.4. The number of carbonyl (C=O) groups is 4. The summed E-state index contributed by atoms with van der Waals surface area (Å²) in [5, 5.41) is 23.9. The van der Waals surface area contributed by atoms with Crippen LogP contribution in [-0.4, -0.2) is 77.3 Å². The molecule has 4 rings (SSSR count). The van der Waals surface area contributed by atoms with Gasteiger partial charge in [-0.2, -0.15) is 0 Å². The van der Waals surface area contributed by atoms with E-state index in [4.69, 9.17) is 25.4 Å². The van der Waals surface area contributed by atoms with Gasteiger partial charge in [0.2, 0.25) is 11.8 Å². The summed E-state index contributed by atoms with van der Waals surface area (Å²) in [6.45, 7) is 4.36. The zero-order valence-corrected chi connectivity index (χ0v) is 24.7. The normalized spacial score (nSPS) is 10.9. The molecule has 13 nitrogen and oxygen atoms in total. The molecule has 13 heteroatoms. The van der Waals surface area contributed by atoms with Crippen molar-refractivity contribution in [3.8, 4) is 11.5 Å². The van der Waals surface area contributed by atoms with Crippen molar-refractivity contribution < 1.29 is 38.9 Å². The lowest BCUT2D eigenvalue weighted by Gasteiger charge is -2.03. The zero-order valence-electron chi connectivity index (χ0n) is 24.7. The molecule has 2 amide bonds. The Morgan fingerprint density at radius 2 is 1.21 bits per heavy atom. The Kier molecular flexibility index (Phi) is 13.5. The second-order valence-electron chi connectivity index (χ2n) is 9.46. The average molecular weight is 598 g/mol. The number of carbonyl (C=O) groups excluding carboxylic acids is 2. The van der Waals surface area contributed by atoms with Crippen molar-refractivity contribution in [3.63, 3.8) is 0 Å². The minimum Gasteiger partial charge on any atom is -0.497 e. The fourth-order valence-electron chi connectivity index (χ4n) is 4.00. The van der Waals surface area contributed by atoms with E-state index in [2.05, 4.69) is 20.6 Å².